The van der Waals surface area contributed by atoms with Gasteiger partial charge in [-0.05, 0) is 62.2 Å². The zero-order valence-corrected chi connectivity index (χ0v) is 18.9. The Bertz CT molecular complexity index is 716. The van der Waals surface area contributed by atoms with Crippen molar-refractivity contribution in [3.05, 3.63) is 30.1 Å². The van der Waals surface area contributed by atoms with Crippen molar-refractivity contribution < 1.29 is 14.0 Å². The Balaban J connectivity index is 1.57. The minimum atomic E-state index is -0.468. The largest absolute Gasteiger partial charge is 0.366 e. The maximum Gasteiger partial charge on any atom is 0.245 e. The molecular weight excluding hydrogens is 401 g/mol. The van der Waals surface area contributed by atoms with E-state index in [1.165, 1.54) is 6.07 Å². The summed E-state index contributed by atoms with van der Waals surface area (Å²) in [7, 11) is 0. The summed E-state index contributed by atoms with van der Waals surface area (Å²) < 4.78 is 14.1. The van der Waals surface area contributed by atoms with Gasteiger partial charge in [0.25, 0.3) is 0 Å². The monoisotopic (exact) mass is 435 g/mol. The van der Waals surface area contributed by atoms with E-state index in [4.69, 9.17) is 0 Å². The van der Waals surface area contributed by atoms with Gasteiger partial charge in [0.2, 0.25) is 11.8 Å². The molecule has 1 aliphatic carbocycles. The number of anilines is 1. The molecule has 1 atom stereocenters. The first-order valence-corrected chi connectivity index (χ1v) is 12.5. The lowest BCUT2D eigenvalue weighted by Gasteiger charge is -2.38. The Morgan fingerprint density at radius 1 is 1.13 bits per heavy atom. The van der Waals surface area contributed by atoms with E-state index in [1.54, 1.807) is 23.9 Å². The number of halogens is 1. The highest BCUT2D eigenvalue weighted by Crippen LogP contribution is 2.28. The molecule has 0 radical (unpaired) electrons. The first kappa shape index (κ1) is 22.9. The van der Waals surface area contributed by atoms with Gasteiger partial charge < -0.3 is 15.1 Å². The number of piperazine rings is 1. The molecule has 0 bridgehead atoms. The number of hydrogen-bond acceptors (Lipinski definition) is 4. The summed E-state index contributed by atoms with van der Waals surface area (Å²) >= 11 is 1.68. The Kier molecular flexibility index (Phi) is 8.42. The molecule has 1 saturated heterocycles. The quantitative estimate of drug-likeness (QED) is 0.712. The summed E-state index contributed by atoms with van der Waals surface area (Å²) in [5.74, 6) is 1.34. The molecule has 5 nitrogen and oxygen atoms in total. The van der Waals surface area contributed by atoms with Crippen LogP contribution in [0.2, 0.25) is 0 Å². The van der Waals surface area contributed by atoms with Crippen LogP contribution >= 0.6 is 11.8 Å². The molecular formula is C23H34FN3O2S. The first-order valence-electron chi connectivity index (χ1n) is 11.1. The normalized spacial score (nSPS) is 23.2. The first-order chi connectivity index (χ1) is 14.5. The summed E-state index contributed by atoms with van der Waals surface area (Å²) in [5, 5.41) is 3.07. The van der Waals surface area contributed by atoms with E-state index in [9.17, 15) is 14.0 Å². The van der Waals surface area contributed by atoms with E-state index in [-0.39, 0.29) is 23.5 Å². The summed E-state index contributed by atoms with van der Waals surface area (Å²) in [6.45, 7) is 4.51. The van der Waals surface area contributed by atoms with Gasteiger partial charge in [0, 0.05) is 32.1 Å². The molecule has 1 aliphatic heterocycles. The molecule has 1 aromatic carbocycles. The fourth-order valence-corrected chi connectivity index (χ4v) is 4.87. The van der Waals surface area contributed by atoms with Gasteiger partial charge in [-0.15, -0.1) is 0 Å². The van der Waals surface area contributed by atoms with Crippen molar-refractivity contribution in [2.45, 2.75) is 45.1 Å². The van der Waals surface area contributed by atoms with Gasteiger partial charge in [0.05, 0.1) is 5.69 Å². The van der Waals surface area contributed by atoms with Crippen molar-refractivity contribution in [2.24, 2.45) is 11.8 Å². The smallest absolute Gasteiger partial charge is 0.245 e. The van der Waals surface area contributed by atoms with Crippen LogP contribution in [-0.2, 0) is 9.59 Å². The van der Waals surface area contributed by atoms with Gasteiger partial charge >= 0.3 is 0 Å². The maximum absolute atomic E-state index is 14.1. The second-order valence-corrected chi connectivity index (χ2v) is 9.55. The number of rotatable bonds is 7. The van der Waals surface area contributed by atoms with Crippen LogP contribution in [0.5, 0.6) is 0 Å². The molecule has 2 amide bonds. The average Bonchev–Trinajstić information content (AvgIpc) is 2.77. The van der Waals surface area contributed by atoms with E-state index in [0.717, 1.165) is 31.4 Å². The van der Waals surface area contributed by atoms with Crippen molar-refractivity contribution in [1.29, 1.82) is 0 Å². The average molecular weight is 436 g/mol. The van der Waals surface area contributed by atoms with Crippen molar-refractivity contribution in [2.75, 3.05) is 43.1 Å². The van der Waals surface area contributed by atoms with Crippen LogP contribution < -0.4 is 10.2 Å². The third kappa shape index (κ3) is 5.90. The predicted molar refractivity (Wildman–Crippen MR) is 121 cm³/mol. The highest BCUT2D eigenvalue weighted by atomic mass is 32.2. The minimum absolute atomic E-state index is 0.00485. The fourth-order valence-electron chi connectivity index (χ4n) is 4.40. The van der Waals surface area contributed by atoms with E-state index < -0.39 is 6.04 Å². The van der Waals surface area contributed by atoms with Crippen LogP contribution in [-0.4, -0.2) is 60.9 Å². The fraction of sp³-hybridized carbons (Fsp3) is 0.652. The summed E-state index contributed by atoms with van der Waals surface area (Å²) in [4.78, 5) is 29.8. The van der Waals surface area contributed by atoms with Crippen LogP contribution in [0.1, 0.15) is 39.0 Å². The third-order valence-corrected chi connectivity index (χ3v) is 7.04. The van der Waals surface area contributed by atoms with Crippen molar-refractivity contribution >= 4 is 29.3 Å². The lowest BCUT2D eigenvalue weighted by Crippen LogP contribution is -2.56. The molecule has 1 unspecified atom stereocenters. The molecule has 0 aromatic heterocycles. The zero-order valence-electron chi connectivity index (χ0n) is 18.1. The maximum atomic E-state index is 14.1. The number of thioether (sulfide) groups is 1. The number of nitrogens with one attached hydrogen (secondary N) is 1. The van der Waals surface area contributed by atoms with Crippen LogP contribution in [0, 0.1) is 17.7 Å². The molecule has 2 aliphatic rings. The van der Waals surface area contributed by atoms with Crippen molar-refractivity contribution in [3.63, 3.8) is 0 Å². The molecule has 166 valence electrons. The second kappa shape index (κ2) is 11.0. The summed E-state index contributed by atoms with van der Waals surface area (Å²) in [6.07, 6.45) is 6.65. The van der Waals surface area contributed by atoms with Gasteiger partial charge in [0.15, 0.2) is 0 Å². The molecule has 1 heterocycles. The number of carbonyl (C=O) groups is 2. The molecule has 3 rings (SSSR count). The number of amides is 2. The van der Waals surface area contributed by atoms with Gasteiger partial charge in [-0.1, -0.05) is 19.1 Å². The molecule has 1 saturated carbocycles. The molecule has 2 fully saturated rings. The Labute approximate surface area is 183 Å². The SMILES string of the molecule is CSCCC(NC(=O)C1CCC(C)CC1)C(=O)N1CCN(c2ccccc2F)CC1. The van der Waals surface area contributed by atoms with Crippen LogP contribution in [0.3, 0.4) is 0 Å². The zero-order chi connectivity index (χ0) is 21.5. The topological polar surface area (TPSA) is 52.7 Å². The number of carbonyl (C=O) groups excluding carboxylic acids is 2. The van der Waals surface area contributed by atoms with Gasteiger partial charge in [0.1, 0.15) is 11.9 Å². The summed E-state index contributed by atoms with van der Waals surface area (Å²) in [5.41, 5.74) is 0.586. The lowest BCUT2D eigenvalue weighted by atomic mass is 9.82. The third-order valence-electron chi connectivity index (χ3n) is 6.40. The van der Waals surface area contributed by atoms with Gasteiger partial charge in [-0.3, -0.25) is 9.59 Å². The second-order valence-electron chi connectivity index (χ2n) is 8.56. The van der Waals surface area contributed by atoms with Crippen molar-refractivity contribution in [3.8, 4) is 0 Å². The summed E-state index contributed by atoms with van der Waals surface area (Å²) in [6, 6.07) is 6.29. The van der Waals surface area contributed by atoms with E-state index in [0.29, 0.717) is 44.2 Å². The van der Waals surface area contributed by atoms with E-state index >= 15 is 0 Å². The Morgan fingerprint density at radius 3 is 2.43 bits per heavy atom. The molecule has 30 heavy (non-hydrogen) atoms. The standard InChI is InChI=1S/C23H34FN3O2S/c1-17-7-9-18(10-8-17)22(28)25-20(11-16-30-2)23(29)27-14-12-26(13-15-27)21-6-4-3-5-19(21)24/h3-6,17-18,20H,7-16H2,1-2H3,(H,25,28). The highest BCUT2D eigenvalue weighted by molar-refractivity contribution is 7.98. The van der Waals surface area contributed by atoms with Gasteiger partial charge in [-0.2, -0.15) is 11.8 Å². The van der Waals surface area contributed by atoms with Crippen LogP contribution in [0.15, 0.2) is 24.3 Å². The Morgan fingerprint density at radius 2 is 1.80 bits per heavy atom. The number of hydrogen-bond donors (Lipinski definition) is 1. The minimum Gasteiger partial charge on any atom is -0.366 e. The van der Waals surface area contributed by atoms with E-state index in [1.807, 2.05) is 22.1 Å². The highest BCUT2D eigenvalue weighted by Gasteiger charge is 2.31. The number of benzene rings is 1. The number of para-hydroxylation sites is 1. The molecule has 1 aromatic rings. The molecule has 0 spiro atoms. The van der Waals surface area contributed by atoms with Crippen LogP contribution in [0.25, 0.3) is 0 Å². The number of nitrogens with zero attached hydrogens (tertiary/aromatic N) is 2. The Hall–Kier alpha value is -1.76. The van der Waals surface area contributed by atoms with Crippen molar-refractivity contribution in [1.82, 2.24) is 10.2 Å². The predicted octanol–water partition coefficient (Wildman–Crippen LogP) is 3.54. The molecule has 7 heteroatoms. The lowest BCUT2D eigenvalue weighted by molar-refractivity contribution is -0.138. The van der Waals surface area contributed by atoms with Crippen LogP contribution in [0.4, 0.5) is 10.1 Å². The van der Waals surface area contributed by atoms with Gasteiger partial charge in [-0.25, -0.2) is 4.39 Å². The molecule has 1 N–H and O–H groups in total. The van der Waals surface area contributed by atoms with E-state index in [2.05, 4.69) is 12.2 Å².